The number of hydrogen-bond acceptors (Lipinski definition) is 7. The minimum Gasteiger partial charge on any atom is -0.481 e. The van der Waals surface area contributed by atoms with E-state index in [1.807, 2.05) is 39.8 Å². The van der Waals surface area contributed by atoms with Crippen LogP contribution in [0.1, 0.15) is 103 Å². The smallest absolute Gasteiger partial charge is 0.331 e. The van der Waals surface area contributed by atoms with E-state index in [4.69, 9.17) is 19.7 Å². The van der Waals surface area contributed by atoms with Gasteiger partial charge in [-0.15, -0.1) is 0 Å². The molecule has 0 spiro atoms. The minimum absolute atomic E-state index is 0.185. The first-order valence-electron chi connectivity index (χ1n) is 15.0. The zero-order chi connectivity index (χ0) is 33.9. The minimum atomic E-state index is -1.12. The highest BCUT2D eigenvalue weighted by molar-refractivity contribution is 5.86. The van der Waals surface area contributed by atoms with Crippen LogP contribution in [0.5, 0.6) is 11.5 Å². The molecule has 45 heavy (non-hydrogen) atoms. The molecular formula is C35H46O10. The molecule has 0 radical (unpaired) electrons. The third kappa shape index (κ3) is 17.4. The summed E-state index contributed by atoms with van der Waals surface area (Å²) in [6.07, 6.45) is 11.1. The van der Waals surface area contributed by atoms with Crippen LogP contribution >= 0.6 is 0 Å². The lowest BCUT2D eigenvalue weighted by molar-refractivity contribution is -0.142. The van der Waals surface area contributed by atoms with Gasteiger partial charge in [-0.3, -0.25) is 19.2 Å². The molecule has 0 aromatic heterocycles. The van der Waals surface area contributed by atoms with E-state index in [1.165, 1.54) is 11.6 Å². The zero-order valence-corrected chi connectivity index (χ0v) is 26.9. The summed E-state index contributed by atoms with van der Waals surface area (Å²) in [5.74, 6) is -4.08. The Kier molecular flexibility index (Phi) is 17.5. The van der Waals surface area contributed by atoms with Gasteiger partial charge in [-0.1, -0.05) is 41.0 Å². The second kappa shape index (κ2) is 20.5. The Balaban J connectivity index is 2.93. The van der Waals surface area contributed by atoms with Gasteiger partial charge in [0.15, 0.2) is 0 Å². The van der Waals surface area contributed by atoms with Crippen LogP contribution in [-0.4, -0.2) is 45.2 Å². The standard InChI is InChI=1S/C35H46O10/c1-23(2)9-6-13-27(35(42)43)14-8-12-24(3)10-7-11-25(4)15-16-28-22-29(44-32(40)19-17-30(36)37)21-26(5)34(28)45-33(41)20-18-31(38)39/h9-10,14-15,21-22H,6-8,11-13,16-20H2,1-5H3,(H,36,37)(H,38,39)(H,42,43)/b24-10+,25-15+,27-14-. The molecule has 0 aliphatic rings. The van der Waals surface area contributed by atoms with E-state index in [2.05, 4.69) is 6.08 Å². The molecule has 1 aromatic carbocycles. The van der Waals surface area contributed by atoms with Crippen LogP contribution < -0.4 is 9.47 Å². The first-order chi connectivity index (χ1) is 21.2. The highest BCUT2D eigenvalue weighted by atomic mass is 16.5. The van der Waals surface area contributed by atoms with E-state index in [1.54, 1.807) is 19.1 Å². The van der Waals surface area contributed by atoms with Crippen LogP contribution in [0, 0.1) is 6.92 Å². The summed E-state index contributed by atoms with van der Waals surface area (Å²) in [5.41, 5.74) is 4.88. The number of hydrogen-bond donors (Lipinski definition) is 3. The Hall–Kier alpha value is -4.47. The van der Waals surface area contributed by atoms with E-state index in [0.717, 1.165) is 30.4 Å². The second-order valence-corrected chi connectivity index (χ2v) is 11.2. The summed E-state index contributed by atoms with van der Waals surface area (Å²) >= 11 is 0. The van der Waals surface area contributed by atoms with Crippen molar-refractivity contribution in [2.45, 2.75) is 105 Å². The summed E-state index contributed by atoms with van der Waals surface area (Å²) in [6.45, 7) is 9.64. The topological polar surface area (TPSA) is 164 Å². The third-order valence-electron chi connectivity index (χ3n) is 6.73. The fourth-order valence-corrected chi connectivity index (χ4v) is 4.25. The van der Waals surface area contributed by atoms with Gasteiger partial charge < -0.3 is 24.8 Å². The van der Waals surface area contributed by atoms with E-state index >= 15 is 0 Å². The molecule has 0 saturated carbocycles. The number of ether oxygens (including phenoxy) is 2. The number of esters is 2. The molecule has 1 rings (SSSR count). The fourth-order valence-electron chi connectivity index (χ4n) is 4.25. The quantitative estimate of drug-likeness (QED) is 0.0579. The van der Waals surface area contributed by atoms with Crippen molar-refractivity contribution in [1.29, 1.82) is 0 Å². The van der Waals surface area contributed by atoms with E-state index in [-0.39, 0.29) is 37.2 Å². The lowest BCUT2D eigenvalue weighted by Crippen LogP contribution is -2.13. The van der Waals surface area contributed by atoms with Gasteiger partial charge in [-0.05, 0) is 97.3 Å². The van der Waals surface area contributed by atoms with Gasteiger partial charge in [-0.25, -0.2) is 4.79 Å². The van der Waals surface area contributed by atoms with Crippen LogP contribution in [0.3, 0.4) is 0 Å². The van der Waals surface area contributed by atoms with Gasteiger partial charge in [-0.2, -0.15) is 0 Å². The molecule has 0 saturated heterocycles. The number of aliphatic carboxylic acids is 3. The Bertz CT molecular complexity index is 1340. The normalized spacial score (nSPS) is 12.0. The lowest BCUT2D eigenvalue weighted by atomic mass is 10.0. The molecule has 3 N–H and O–H groups in total. The van der Waals surface area contributed by atoms with Crippen LogP contribution in [0.25, 0.3) is 0 Å². The average molecular weight is 627 g/mol. The largest absolute Gasteiger partial charge is 0.481 e. The molecular weight excluding hydrogens is 580 g/mol. The monoisotopic (exact) mass is 626 g/mol. The van der Waals surface area contributed by atoms with E-state index in [0.29, 0.717) is 42.4 Å². The van der Waals surface area contributed by atoms with Gasteiger partial charge in [0.2, 0.25) is 0 Å². The van der Waals surface area contributed by atoms with Crippen molar-refractivity contribution < 1.29 is 48.8 Å². The van der Waals surface area contributed by atoms with Crippen LogP contribution in [0.2, 0.25) is 0 Å². The van der Waals surface area contributed by atoms with Crippen molar-refractivity contribution in [1.82, 2.24) is 0 Å². The van der Waals surface area contributed by atoms with E-state index < -0.39 is 29.8 Å². The van der Waals surface area contributed by atoms with Gasteiger partial charge in [0, 0.05) is 11.1 Å². The maximum absolute atomic E-state index is 12.3. The van der Waals surface area contributed by atoms with Crippen molar-refractivity contribution in [2.24, 2.45) is 0 Å². The first-order valence-corrected chi connectivity index (χ1v) is 15.0. The van der Waals surface area contributed by atoms with Crippen molar-refractivity contribution in [3.63, 3.8) is 0 Å². The number of aryl methyl sites for hydroxylation is 1. The van der Waals surface area contributed by atoms with Crippen LogP contribution in [-0.2, 0) is 30.4 Å². The molecule has 1 aromatic rings. The number of benzene rings is 1. The molecule has 246 valence electrons. The number of carbonyl (C=O) groups is 5. The number of carbonyl (C=O) groups excluding carboxylic acids is 2. The van der Waals surface area contributed by atoms with Gasteiger partial charge in [0.05, 0.1) is 25.7 Å². The maximum Gasteiger partial charge on any atom is 0.331 e. The molecule has 0 aliphatic heterocycles. The Morgan fingerprint density at radius 2 is 1.18 bits per heavy atom. The molecule has 0 amide bonds. The predicted octanol–water partition coefficient (Wildman–Crippen LogP) is 7.29. The third-order valence-corrected chi connectivity index (χ3v) is 6.73. The molecule has 0 atom stereocenters. The molecule has 0 bridgehead atoms. The Morgan fingerprint density at radius 1 is 0.644 bits per heavy atom. The van der Waals surface area contributed by atoms with E-state index in [9.17, 15) is 29.1 Å². The van der Waals surface area contributed by atoms with Crippen LogP contribution in [0.15, 0.2) is 58.7 Å². The van der Waals surface area contributed by atoms with Gasteiger partial charge >= 0.3 is 29.8 Å². The molecule has 0 unspecified atom stereocenters. The highest BCUT2D eigenvalue weighted by Gasteiger charge is 2.17. The average Bonchev–Trinajstić information content (AvgIpc) is 2.94. The number of carboxylic acid groups (broad SMARTS) is 3. The number of rotatable bonds is 20. The second-order valence-electron chi connectivity index (χ2n) is 11.2. The summed E-state index contributed by atoms with van der Waals surface area (Å²) in [6, 6.07) is 3.06. The lowest BCUT2D eigenvalue weighted by Gasteiger charge is -2.15. The van der Waals surface area contributed by atoms with Gasteiger partial charge in [0.1, 0.15) is 11.5 Å². The molecule has 0 fully saturated rings. The fraction of sp³-hybridized carbons (Fsp3) is 0.457. The Labute approximate surface area is 265 Å². The summed E-state index contributed by atoms with van der Waals surface area (Å²) in [4.78, 5) is 57.6. The summed E-state index contributed by atoms with van der Waals surface area (Å²) < 4.78 is 10.8. The van der Waals surface area contributed by atoms with Crippen molar-refractivity contribution in [3.05, 3.63) is 69.9 Å². The molecule has 10 nitrogen and oxygen atoms in total. The number of allylic oxidation sites excluding steroid dienone is 7. The Morgan fingerprint density at radius 3 is 1.73 bits per heavy atom. The maximum atomic E-state index is 12.3. The first kappa shape index (κ1) is 38.6. The molecule has 10 heteroatoms. The zero-order valence-electron chi connectivity index (χ0n) is 26.9. The molecule has 0 heterocycles. The predicted molar refractivity (Wildman–Crippen MR) is 170 cm³/mol. The summed E-state index contributed by atoms with van der Waals surface area (Å²) in [5, 5.41) is 27.2. The summed E-state index contributed by atoms with van der Waals surface area (Å²) in [7, 11) is 0. The molecule has 0 aliphatic carbocycles. The number of carboxylic acids is 3. The highest BCUT2D eigenvalue weighted by Crippen LogP contribution is 2.31. The van der Waals surface area contributed by atoms with Crippen LogP contribution in [0.4, 0.5) is 0 Å². The van der Waals surface area contributed by atoms with Crippen molar-refractivity contribution in [3.8, 4) is 11.5 Å². The van der Waals surface area contributed by atoms with Crippen molar-refractivity contribution in [2.75, 3.05) is 0 Å². The SMILES string of the molecule is CC(C)=CCC/C(=C/CC/C(C)=C/CC/C(C)=C/Cc1cc(OC(=O)CCC(=O)O)cc(C)c1OC(=O)CCC(=O)O)C(=O)O. The van der Waals surface area contributed by atoms with Gasteiger partial charge in [0.25, 0.3) is 0 Å². The van der Waals surface area contributed by atoms with Crippen molar-refractivity contribution >= 4 is 29.8 Å².